The Morgan fingerprint density at radius 2 is 2.04 bits per heavy atom. The van der Waals surface area contributed by atoms with E-state index in [1.807, 2.05) is 0 Å². The monoisotopic (exact) mass is 348 g/mol. The molecule has 0 spiro atoms. The van der Waals surface area contributed by atoms with Gasteiger partial charge in [0.15, 0.2) is 0 Å². The highest BCUT2D eigenvalue weighted by atomic mass is 16.2. The number of fused-ring (bicyclic) bond motifs is 1. The van der Waals surface area contributed by atoms with E-state index in [0.29, 0.717) is 5.69 Å². The van der Waals surface area contributed by atoms with Gasteiger partial charge in [-0.25, -0.2) is 5.43 Å². The van der Waals surface area contributed by atoms with Crippen molar-refractivity contribution in [2.24, 2.45) is 5.10 Å². The summed E-state index contributed by atoms with van der Waals surface area (Å²) in [5.74, 6) is -0.324. The average Bonchev–Trinajstić information content (AvgIpc) is 2.61. The van der Waals surface area contributed by atoms with Crippen LogP contribution in [0, 0.1) is 6.92 Å². The minimum Gasteiger partial charge on any atom is -0.365 e. The van der Waals surface area contributed by atoms with E-state index in [0.717, 1.165) is 11.1 Å². The van der Waals surface area contributed by atoms with Gasteiger partial charge in [-0.2, -0.15) is 5.10 Å². The number of allylic oxidation sites excluding steroid dienone is 1. The third kappa shape index (κ3) is 3.38. The standard InChI is InChI=1S/C21H24N4O/c1-14-10-19-17(15(2)12-21(3,4)25(19)5)11-16(14)13-23-24-20(26)18-8-6-7-9-22-18/h6-13H,1-5H3,(H,24,26)/b23-13+. The van der Waals surface area contributed by atoms with Crippen LogP contribution in [0.3, 0.4) is 0 Å². The van der Waals surface area contributed by atoms with E-state index >= 15 is 0 Å². The Kier molecular flexibility index (Phi) is 4.64. The third-order valence-electron chi connectivity index (χ3n) is 4.87. The summed E-state index contributed by atoms with van der Waals surface area (Å²) in [6.07, 6.45) is 5.54. The van der Waals surface area contributed by atoms with Gasteiger partial charge in [-0.05, 0) is 68.7 Å². The highest BCUT2D eigenvalue weighted by Crippen LogP contribution is 2.38. The molecule has 0 radical (unpaired) electrons. The van der Waals surface area contributed by atoms with E-state index < -0.39 is 0 Å². The number of hydrazone groups is 1. The number of nitrogens with zero attached hydrogens (tertiary/aromatic N) is 3. The van der Waals surface area contributed by atoms with Crippen LogP contribution in [0.15, 0.2) is 47.7 Å². The van der Waals surface area contributed by atoms with Crippen LogP contribution in [-0.4, -0.2) is 29.7 Å². The van der Waals surface area contributed by atoms with Gasteiger partial charge < -0.3 is 4.90 Å². The van der Waals surface area contributed by atoms with Gasteiger partial charge in [-0.3, -0.25) is 9.78 Å². The van der Waals surface area contributed by atoms with Crippen molar-refractivity contribution in [1.82, 2.24) is 10.4 Å². The summed E-state index contributed by atoms with van der Waals surface area (Å²) in [5.41, 5.74) is 8.59. The molecule has 1 aliphatic rings. The lowest BCUT2D eigenvalue weighted by molar-refractivity contribution is 0.0950. The number of amides is 1. The molecule has 0 atom stereocenters. The number of aromatic nitrogens is 1. The van der Waals surface area contributed by atoms with Gasteiger partial charge in [-0.1, -0.05) is 12.1 Å². The number of nitrogens with one attached hydrogen (secondary N) is 1. The molecule has 3 rings (SSSR count). The zero-order valence-corrected chi connectivity index (χ0v) is 15.9. The van der Waals surface area contributed by atoms with E-state index in [9.17, 15) is 4.79 Å². The molecule has 0 bridgehead atoms. The number of carbonyl (C=O) groups is 1. The third-order valence-corrected chi connectivity index (χ3v) is 4.87. The van der Waals surface area contributed by atoms with Crippen LogP contribution in [0.1, 0.15) is 48.0 Å². The molecule has 0 fully saturated rings. The Morgan fingerprint density at radius 3 is 2.73 bits per heavy atom. The molecule has 5 heteroatoms. The number of pyridine rings is 1. The van der Waals surface area contributed by atoms with Crippen molar-refractivity contribution < 1.29 is 4.79 Å². The maximum absolute atomic E-state index is 12.0. The first-order valence-corrected chi connectivity index (χ1v) is 8.62. The molecule has 2 heterocycles. The van der Waals surface area contributed by atoms with Crippen LogP contribution in [-0.2, 0) is 0 Å². The fraction of sp³-hybridized carbons (Fsp3) is 0.286. The molecule has 2 aromatic rings. The highest BCUT2D eigenvalue weighted by molar-refractivity contribution is 5.94. The summed E-state index contributed by atoms with van der Waals surface area (Å²) in [4.78, 5) is 18.3. The van der Waals surface area contributed by atoms with E-state index in [1.54, 1.807) is 30.6 Å². The fourth-order valence-electron chi connectivity index (χ4n) is 3.17. The Hall–Kier alpha value is -2.95. The van der Waals surface area contributed by atoms with Gasteiger partial charge in [0.25, 0.3) is 5.91 Å². The lowest BCUT2D eigenvalue weighted by Crippen LogP contribution is -2.42. The largest absolute Gasteiger partial charge is 0.365 e. The minimum absolute atomic E-state index is 0.0181. The number of rotatable bonds is 3. The van der Waals surface area contributed by atoms with Crippen LogP contribution in [0.4, 0.5) is 5.69 Å². The number of anilines is 1. The van der Waals surface area contributed by atoms with Crippen molar-refractivity contribution in [3.8, 4) is 0 Å². The minimum atomic E-state index is -0.324. The zero-order valence-electron chi connectivity index (χ0n) is 15.9. The molecule has 1 N–H and O–H groups in total. The molecule has 0 unspecified atom stereocenters. The van der Waals surface area contributed by atoms with Gasteiger partial charge in [0.2, 0.25) is 0 Å². The Bertz CT molecular complexity index is 898. The maximum Gasteiger partial charge on any atom is 0.289 e. The molecular formula is C21H24N4O. The van der Waals surface area contributed by atoms with Crippen molar-refractivity contribution in [3.05, 3.63) is 65.0 Å². The number of aryl methyl sites for hydroxylation is 1. The maximum atomic E-state index is 12.0. The summed E-state index contributed by atoms with van der Waals surface area (Å²) < 4.78 is 0. The molecule has 1 amide bonds. The molecule has 134 valence electrons. The second-order valence-electron chi connectivity index (χ2n) is 7.18. The lowest BCUT2D eigenvalue weighted by Gasteiger charge is -2.41. The second-order valence-corrected chi connectivity index (χ2v) is 7.18. The molecule has 0 saturated carbocycles. The van der Waals surface area contributed by atoms with Crippen molar-refractivity contribution in [2.45, 2.75) is 33.2 Å². The number of benzene rings is 1. The number of likely N-dealkylation sites (N-methyl/N-ethyl adjacent to an activating group) is 1. The summed E-state index contributed by atoms with van der Waals surface area (Å²) in [5, 5.41) is 4.10. The van der Waals surface area contributed by atoms with Gasteiger partial charge in [0.05, 0.1) is 11.8 Å². The molecule has 1 aromatic heterocycles. The smallest absolute Gasteiger partial charge is 0.289 e. The summed E-state index contributed by atoms with van der Waals surface area (Å²) in [6.45, 7) is 8.60. The Labute approximate surface area is 154 Å². The second kappa shape index (κ2) is 6.75. The number of carbonyl (C=O) groups excluding carboxylic acids is 1. The van der Waals surface area contributed by atoms with Crippen LogP contribution >= 0.6 is 0 Å². The molecular weight excluding hydrogens is 324 g/mol. The van der Waals surface area contributed by atoms with Crippen molar-refractivity contribution in [1.29, 1.82) is 0 Å². The van der Waals surface area contributed by atoms with E-state index in [4.69, 9.17) is 0 Å². The molecule has 0 saturated heterocycles. The lowest BCUT2D eigenvalue weighted by atomic mass is 9.87. The van der Waals surface area contributed by atoms with Crippen molar-refractivity contribution in [3.63, 3.8) is 0 Å². The molecule has 1 aromatic carbocycles. The normalized spacial score (nSPS) is 15.6. The Morgan fingerprint density at radius 1 is 1.27 bits per heavy atom. The highest BCUT2D eigenvalue weighted by Gasteiger charge is 2.28. The van der Waals surface area contributed by atoms with Gasteiger partial charge in [0, 0.05) is 24.5 Å². The number of hydrogen-bond donors (Lipinski definition) is 1. The van der Waals surface area contributed by atoms with Crippen molar-refractivity contribution >= 4 is 23.4 Å². The van der Waals surface area contributed by atoms with Crippen LogP contribution < -0.4 is 10.3 Å². The molecule has 5 nitrogen and oxygen atoms in total. The Balaban J connectivity index is 1.84. The van der Waals surface area contributed by atoms with Crippen LogP contribution in [0.2, 0.25) is 0 Å². The molecule has 0 aliphatic carbocycles. The summed E-state index contributed by atoms with van der Waals surface area (Å²) in [7, 11) is 2.11. The molecule has 1 aliphatic heterocycles. The van der Waals surface area contributed by atoms with Crippen molar-refractivity contribution in [2.75, 3.05) is 11.9 Å². The first-order chi connectivity index (χ1) is 12.3. The topological polar surface area (TPSA) is 57.6 Å². The first-order valence-electron chi connectivity index (χ1n) is 8.62. The van der Waals surface area contributed by atoms with E-state index in [1.165, 1.54) is 16.8 Å². The number of hydrogen-bond acceptors (Lipinski definition) is 4. The van der Waals surface area contributed by atoms with Gasteiger partial charge >= 0.3 is 0 Å². The fourth-order valence-corrected chi connectivity index (χ4v) is 3.17. The quantitative estimate of drug-likeness (QED) is 0.678. The SMILES string of the molecule is CC1=CC(C)(C)N(C)c2cc(C)c(/C=N/NC(=O)c3ccccn3)cc21. The van der Waals surface area contributed by atoms with Gasteiger partial charge in [0.1, 0.15) is 5.69 Å². The summed E-state index contributed by atoms with van der Waals surface area (Å²) in [6, 6.07) is 9.49. The average molecular weight is 348 g/mol. The predicted octanol–water partition coefficient (Wildman–Crippen LogP) is 3.79. The van der Waals surface area contributed by atoms with E-state index in [2.05, 4.69) is 73.4 Å². The zero-order chi connectivity index (χ0) is 18.9. The first kappa shape index (κ1) is 17.9. The molecule has 26 heavy (non-hydrogen) atoms. The van der Waals surface area contributed by atoms with Crippen LogP contribution in [0.5, 0.6) is 0 Å². The predicted molar refractivity (Wildman–Crippen MR) is 107 cm³/mol. The van der Waals surface area contributed by atoms with Crippen LogP contribution in [0.25, 0.3) is 5.57 Å². The van der Waals surface area contributed by atoms with Gasteiger partial charge in [-0.15, -0.1) is 0 Å². The van der Waals surface area contributed by atoms with E-state index in [-0.39, 0.29) is 11.4 Å². The summed E-state index contributed by atoms with van der Waals surface area (Å²) >= 11 is 0.